The Morgan fingerprint density at radius 1 is 0.952 bits per heavy atom. The van der Waals surface area contributed by atoms with E-state index in [0.717, 1.165) is 32.6 Å². The zero-order valence-corrected chi connectivity index (χ0v) is 13.9. The first-order valence-corrected chi connectivity index (χ1v) is 7.64. The lowest BCUT2D eigenvalue weighted by Gasteiger charge is -2.12. The highest BCUT2D eigenvalue weighted by atomic mass is 79.9. The van der Waals surface area contributed by atoms with Gasteiger partial charge in [-0.25, -0.2) is 0 Å². The monoisotopic (exact) mass is 341 g/mol. The van der Waals surface area contributed by atoms with Crippen molar-refractivity contribution in [2.75, 3.05) is 0 Å². The third-order valence-electron chi connectivity index (χ3n) is 3.38. The number of aromatic nitrogens is 1. The number of pyridine rings is 1. The summed E-state index contributed by atoms with van der Waals surface area (Å²) in [5.41, 5.74) is 4.36. The summed E-state index contributed by atoms with van der Waals surface area (Å²) in [6, 6.07) is 14.1. The first-order valence-electron chi connectivity index (χ1n) is 6.85. The van der Waals surface area contributed by atoms with E-state index in [9.17, 15) is 0 Å². The third kappa shape index (κ3) is 2.93. The zero-order valence-electron chi connectivity index (χ0n) is 12.3. The zero-order chi connectivity index (χ0) is 15.0. The van der Waals surface area contributed by atoms with Crippen molar-refractivity contribution < 1.29 is 4.74 Å². The highest BCUT2D eigenvalue weighted by Gasteiger charge is 2.09. The first-order chi connectivity index (χ1) is 10.0. The quantitative estimate of drug-likeness (QED) is 0.595. The Morgan fingerprint density at radius 2 is 1.67 bits per heavy atom. The van der Waals surface area contributed by atoms with Crippen LogP contribution in [0.1, 0.15) is 16.8 Å². The maximum Gasteiger partial charge on any atom is 0.138 e. The first kappa shape index (κ1) is 14.1. The van der Waals surface area contributed by atoms with Crippen LogP contribution in [0.25, 0.3) is 10.9 Å². The molecule has 0 spiro atoms. The van der Waals surface area contributed by atoms with Crippen molar-refractivity contribution in [3.63, 3.8) is 0 Å². The van der Waals surface area contributed by atoms with Gasteiger partial charge in [0, 0.05) is 21.6 Å². The summed E-state index contributed by atoms with van der Waals surface area (Å²) in [6.45, 7) is 6.17. The number of ether oxygens (including phenoxy) is 1. The fraction of sp³-hybridized carbons (Fsp3) is 0.167. The molecule has 0 aliphatic carbocycles. The molecule has 106 valence electrons. The van der Waals surface area contributed by atoms with Crippen LogP contribution in [0.3, 0.4) is 0 Å². The molecule has 0 N–H and O–H groups in total. The van der Waals surface area contributed by atoms with E-state index < -0.39 is 0 Å². The number of hydrogen-bond donors (Lipinski definition) is 0. The number of nitrogens with zero attached hydrogens (tertiary/aromatic N) is 1. The average molecular weight is 342 g/mol. The molecule has 0 aliphatic heterocycles. The normalized spacial score (nSPS) is 10.9. The highest BCUT2D eigenvalue weighted by molar-refractivity contribution is 9.10. The molecule has 2 aromatic carbocycles. The molecule has 1 aromatic heterocycles. The Labute approximate surface area is 132 Å². The van der Waals surface area contributed by atoms with Crippen LogP contribution in [0.4, 0.5) is 0 Å². The maximum absolute atomic E-state index is 6.08. The summed E-state index contributed by atoms with van der Waals surface area (Å²) >= 11 is 3.44. The van der Waals surface area contributed by atoms with Crippen molar-refractivity contribution in [1.29, 1.82) is 0 Å². The highest BCUT2D eigenvalue weighted by Crippen LogP contribution is 2.32. The molecule has 0 unspecified atom stereocenters. The second-order valence-electron chi connectivity index (χ2n) is 5.30. The van der Waals surface area contributed by atoms with Gasteiger partial charge in [0.15, 0.2) is 0 Å². The van der Waals surface area contributed by atoms with Crippen molar-refractivity contribution in [1.82, 2.24) is 4.98 Å². The maximum atomic E-state index is 6.08. The minimum Gasteiger partial charge on any atom is -0.457 e. The van der Waals surface area contributed by atoms with Crippen LogP contribution in [-0.4, -0.2) is 4.98 Å². The Hall–Kier alpha value is -1.87. The van der Waals surface area contributed by atoms with Gasteiger partial charge in [-0.1, -0.05) is 22.0 Å². The van der Waals surface area contributed by atoms with E-state index in [1.807, 2.05) is 37.3 Å². The van der Waals surface area contributed by atoms with E-state index in [1.165, 1.54) is 11.1 Å². The third-order valence-corrected chi connectivity index (χ3v) is 3.91. The molecular weight excluding hydrogens is 326 g/mol. The van der Waals surface area contributed by atoms with Gasteiger partial charge in [-0.15, -0.1) is 0 Å². The molecule has 3 rings (SSSR count). The van der Waals surface area contributed by atoms with Crippen LogP contribution in [0.2, 0.25) is 0 Å². The number of benzene rings is 2. The smallest absolute Gasteiger partial charge is 0.138 e. The molecule has 0 fully saturated rings. The molecule has 3 heteroatoms. The van der Waals surface area contributed by atoms with Gasteiger partial charge in [0.25, 0.3) is 0 Å². The van der Waals surface area contributed by atoms with Gasteiger partial charge in [0.2, 0.25) is 0 Å². The Kier molecular flexibility index (Phi) is 3.68. The number of fused-ring (bicyclic) bond motifs is 1. The molecule has 0 amide bonds. The molecule has 0 saturated heterocycles. The van der Waals surface area contributed by atoms with E-state index in [4.69, 9.17) is 4.74 Å². The second-order valence-corrected chi connectivity index (χ2v) is 6.21. The SMILES string of the molecule is Cc1cc(C)c2nc(C)cc(Oc3ccc(Br)cc3)c2c1. The number of rotatable bonds is 2. The predicted molar refractivity (Wildman–Crippen MR) is 90.2 cm³/mol. The predicted octanol–water partition coefficient (Wildman–Crippen LogP) is 5.71. The van der Waals surface area contributed by atoms with E-state index in [-0.39, 0.29) is 0 Å². The van der Waals surface area contributed by atoms with Gasteiger partial charge in [0.05, 0.1) is 5.52 Å². The topological polar surface area (TPSA) is 22.1 Å². The van der Waals surface area contributed by atoms with Crippen molar-refractivity contribution >= 4 is 26.8 Å². The molecule has 1 heterocycles. The lowest BCUT2D eigenvalue weighted by atomic mass is 10.1. The van der Waals surface area contributed by atoms with Crippen molar-refractivity contribution in [3.05, 3.63) is 63.8 Å². The van der Waals surface area contributed by atoms with Gasteiger partial charge >= 0.3 is 0 Å². The number of halogens is 1. The molecule has 0 saturated carbocycles. The largest absolute Gasteiger partial charge is 0.457 e. The van der Waals surface area contributed by atoms with Crippen molar-refractivity contribution in [2.45, 2.75) is 20.8 Å². The minimum atomic E-state index is 0.823. The van der Waals surface area contributed by atoms with Crippen LogP contribution in [0.15, 0.2) is 46.9 Å². The molecule has 0 atom stereocenters. The van der Waals surface area contributed by atoms with Gasteiger partial charge in [-0.3, -0.25) is 4.98 Å². The van der Waals surface area contributed by atoms with E-state index in [2.05, 4.69) is 46.9 Å². The van der Waals surface area contributed by atoms with Crippen LogP contribution in [-0.2, 0) is 0 Å². The summed E-state index contributed by atoms with van der Waals surface area (Å²) < 4.78 is 7.12. The van der Waals surface area contributed by atoms with Crippen LogP contribution in [0.5, 0.6) is 11.5 Å². The Balaban J connectivity index is 2.15. The van der Waals surface area contributed by atoms with Crippen LogP contribution in [0, 0.1) is 20.8 Å². The molecule has 0 bridgehead atoms. The standard InChI is InChI=1S/C18H16BrNO/c1-11-8-12(2)18-16(9-11)17(10-13(3)20-18)21-15-6-4-14(19)5-7-15/h4-10H,1-3H3. The molecule has 3 aromatic rings. The molecule has 0 radical (unpaired) electrons. The van der Waals surface area contributed by atoms with E-state index >= 15 is 0 Å². The molecule has 0 aliphatic rings. The van der Waals surface area contributed by atoms with E-state index in [0.29, 0.717) is 0 Å². The molecule has 2 nitrogen and oxygen atoms in total. The van der Waals surface area contributed by atoms with Gasteiger partial charge in [0.1, 0.15) is 11.5 Å². The lowest BCUT2D eigenvalue weighted by molar-refractivity contribution is 0.487. The summed E-state index contributed by atoms with van der Waals surface area (Å²) in [5.74, 6) is 1.68. The van der Waals surface area contributed by atoms with E-state index in [1.54, 1.807) is 0 Å². The van der Waals surface area contributed by atoms with Gasteiger partial charge in [-0.2, -0.15) is 0 Å². The van der Waals surface area contributed by atoms with Crippen LogP contribution < -0.4 is 4.74 Å². The summed E-state index contributed by atoms with van der Waals surface area (Å²) in [4.78, 5) is 4.65. The molecule has 21 heavy (non-hydrogen) atoms. The molecular formula is C18H16BrNO. The fourth-order valence-electron chi connectivity index (χ4n) is 2.49. The summed E-state index contributed by atoms with van der Waals surface area (Å²) in [6.07, 6.45) is 0. The van der Waals surface area contributed by atoms with Gasteiger partial charge < -0.3 is 4.74 Å². The minimum absolute atomic E-state index is 0.823. The van der Waals surface area contributed by atoms with Crippen molar-refractivity contribution in [2.24, 2.45) is 0 Å². The number of aryl methyl sites for hydroxylation is 3. The summed E-state index contributed by atoms with van der Waals surface area (Å²) in [7, 11) is 0. The average Bonchev–Trinajstić information content (AvgIpc) is 2.43. The fourth-order valence-corrected chi connectivity index (χ4v) is 2.75. The Bertz CT molecular complexity index is 810. The lowest BCUT2D eigenvalue weighted by Crippen LogP contribution is -1.93. The van der Waals surface area contributed by atoms with Gasteiger partial charge in [-0.05, 0) is 62.2 Å². The second kappa shape index (κ2) is 5.49. The van der Waals surface area contributed by atoms with Crippen LogP contribution >= 0.6 is 15.9 Å². The van der Waals surface area contributed by atoms with Crippen molar-refractivity contribution in [3.8, 4) is 11.5 Å². The number of hydrogen-bond acceptors (Lipinski definition) is 2. The summed E-state index contributed by atoms with van der Waals surface area (Å²) in [5, 5.41) is 1.06. The Morgan fingerprint density at radius 3 is 2.38 bits per heavy atom.